The van der Waals surface area contributed by atoms with Gasteiger partial charge in [0.05, 0.1) is 32.6 Å². The highest BCUT2D eigenvalue weighted by Gasteiger charge is 2.33. The first-order valence-corrected chi connectivity index (χ1v) is 13.1. The number of ether oxygens (including phenoxy) is 4. The average molecular weight is 548 g/mol. The lowest BCUT2D eigenvalue weighted by molar-refractivity contribution is 0.222. The molecule has 0 saturated carbocycles. The lowest BCUT2D eigenvalue weighted by Gasteiger charge is -2.34. The summed E-state index contributed by atoms with van der Waals surface area (Å²) in [6.45, 7) is 7.75. The molecule has 0 bridgehead atoms. The molecule has 0 radical (unpaired) electrons. The summed E-state index contributed by atoms with van der Waals surface area (Å²) in [6.07, 6.45) is 3.29. The van der Waals surface area contributed by atoms with Crippen LogP contribution in [0.5, 0.6) is 23.4 Å². The van der Waals surface area contributed by atoms with Crippen molar-refractivity contribution in [3.63, 3.8) is 0 Å². The molecule has 0 amide bonds. The van der Waals surface area contributed by atoms with Crippen molar-refractivity contribution in [3.8, 4) is 23.4 Å². The normalized spacial score (nSPS) is 16.5. The Bertz CT molecular complexity index is 1340. The Kier molecular flexibility index (Phi) is 9.41. The Morgan fingerprint density at radius 3 is 2.40 bits per heavy atom. The van der Waals surface area contributed by atoms with Gasteiger partial charge < -0.3 is 34.5 Å². The summed E-state index contributed by atoms with van der Waals surface area (Å²) in [7, 11) is 4.65. The van der Waals surface area contributed by atoms with Gasteiger partial charge in [-0.1, -0.05) is 26.0 Å². The van der Waals surface area contributed by atoms with Crippen molar-refractivity contribution in [2.75, 3.05) is 52.9 Å². The minimum absolute atomic E-state index is 0.189. The van der Waals surface area contributed by atoms with Crippen molar-refractivity contribution < 1.29 is 18.9 Å². The predicted octanol–water partition coefficient (Wildman–Crippen LogP) is 3.45. The molecule has 1 aliphatic rings. The van der Waals surface area contributed by atoms with Gasteiger partial charge in [-0.3, -0.25) is 5.73 Å². The second-order valence-corrected chi connectivity index (χ2v) is 8.94. The molecule has 11 nitrogen and oxygen atoms in total. The lowest BCUT2D eigenvalue weighted by Crippen LogP contribution is -2.51. The molecule has 2 aromatic carbocycles. The molecule has 4 N–H and O–H groups in total. The monoisotopic (exact) mass is 547 g/mol. The first kappa shape index (κ1) is 28.7. The number of anilines is 1. The number of nitrogens with one attached hydrogen (secondary N) is 2. The van der Waals surface area contributed by atoms with Crippen molar-refractivity contribution in [1.82, 2.24) is 20.2 Å². The van der Waals surface area contributed by atoms with Crippen molar-refractivity contribution in [2.24, 2.45) is 10.7 Å². The number of methoxy groups -OCH3 is 3. The molecular formula is C29H37N7O4. The molecule has 0 fully saturated rings. The van der Waals surface area contributed by atoms with Crippen LogP contribution in [0.15, 0.2) is 65.5 Å². The van der Waals surface area contributed by atoms with E-state index in [0.717, 1.165) is 36.6 Å². The van der Waals surface area contributed by atoms with Crippen LogP contribution in [0.25, 0.3) is 5.57 Å². The van der Waals surface area contributed by atoms with E-state index in [4.69, 9.17) is 29.7 Å². The van der Waals surface area contributed by atoms with E-state index in [1.807, 2.05) is 48.5 Å². The van der Waals surface area contributed by atoms with Crippen LogP contribution in [-0.2, 0) is 5.79 Å². The van der Waals surface area contributed by atoms with Crippen LogP contribution < -0.4 is 35.3 Å². The first-order chi connectivity index (χ1) is 19.4. The van der Waals surface area contributed by atoms with Gasteiger partial charge in [0, 0.05) is 30.1 Å². The molecule has 2 heterocycles. The van der Waals surface area contributed by atoms with Gasteiger partial charge in [-0.25, -0.2) is 9.98 Å². The van der Waals surface area contributed by atoms with E-state index in [-0.39, 0.29) is 6.01 Å². The molecule has 1 aliphatic heterocycles. The van der Waals surface area contributed by atoms with E-state index in [9.17, 15) is 0 Å². The lowest BCUT2D eigenvalue weighted by atomic mass is 10.0. The number of nitrogens with two attached hydrogens (primary N) is 1. The van der Waals surface area contributed by atoms with Crippen LogP contribution in [0, 0.1) is 0 Å². The molecule has 11 heteroatoms. The maximum Gasteiger partial charge on any atom is 0.319 e. The zero-order valence-electron chi connectivity index (χ0n) is 23.6. The standard InChI is InChI=1S/C29H37N7O4/c1-6-36(7-2)16-17-40-21-14-12-20(13-15-21)29(30)32-19-22(23-18-31-28(39-5)34-27(23)38-4)26(35-29)33-24-10-8-9-11-25(24)37-3/h8-15,18-19,33,35H,6-7,16-17,30H2,1-5H3. The summed E-state index contributed by atoms with van der Waals surface area (Å²) < 4.78 is 22.2. The van der Waals surface area contributed by atoms with Crippen LogP contribution in [0.1, 0.15) is 25.0 Å². The number of allylic oxidation sites excluding steroid dienone is 1. The molecule has 0 aliphatic carbocycles. The van der Waals surface area contributed by atoms with Crippen molar-refractivity contribution in [1.29, 1.82) is 0 Å². The molecule has 1 atom stereocenters. The molecule has 3 aromatic rings. The van der Waals surface area contributed by atoms with Crippen molar-refractivity contribution >= 4 is 17.5 Å². The Hall–Kier alpha value is -4.35. The van der Waals surface area contributed by atoms with Gasteiger partial charge in [-0.05, 0) is 49.5 Å². The number of hydrogen-bond donors (Lipinski definition) is 3. The Morgan fingerprint density at radius 2 is 1.73 bits per heavy atom. The van der Waals surface area contributed by atoms with Crippen LogP contribution in [0.4, 0.5) is 5.69 Å². The van der Waals surface area contributed by atoms with Gasteiger partial charge in [0.1, 0.15) is 23.9 Å². The highest BCUT2D eigenvalue weighted by molar-refractivity contribution is 6.13. The molecule has 1 unspecified atom stereocenters. The first-order valence-electron chi connectivity index (χ1n) is 13.1. The van der Waals surface area contributed by atoms with Gasteiger partial charge in [-0.2, -0.15) is 4.98 Å². The number of rotatable bonds is 13. The van der Waals surface area contributed by atoms with Crippen LogP contribution >= 0.6 is 0 Å². The third kappa shape index (κ3) is 6.44. The number of para-hydroxylation sites is 2. The van der Waals surface area contributed by atoms with Crippen LogP contribution in [0.3, 0.4) is 0 Å². The van der Waals surface area contributed by atoms with Gasteiger partial charge >= 0.3 is 6.01 Å². The molecule has 4 rings (SSSR count). The molecule has 40 heavy (non-hydrogen) atoms. The van der Waals surface area contributed by atoms with Crippen LogP contribution in [-0.4, -0.2) is 68.7 Å². The number of benzene rings is 2. The fourth-order valence-corrected chi connectivity index (χ4v) is 4.28. The highest BCUT2D eigenvalue weighted by Crippen LogP contribution is 2.34. The summed E-state index contributed by atoms with van der Waals surface area (Å²) in [5.74, 6) is 1.04. The molecule has 0 saturated heterocycles. The zero-order chi connectivity index (χ0) is 28.5. The minimum atomic E-state index is -1.27. The average Bonchev–Trinajstić information content (AvgIpc) is 3.00. The molecule has 0 spiro atoms. The second-order valence-electron chi connectivity index (χ2n) is 8.94. The smallest absolute Gasteiger partial charge is 0.319 e. The molecule has 212 valence electrons. The van der Waals surface area contributed by atoms with Gasteiger partial charge in [-0.15, -0.1) is 0 Å². The molecular weight excluding hydrogens is 510 g/mol. The number of hydrogen-bond acceptors (Lipinski definition) is 11. The van der Waals surface area contributed by atoms with Crippen molar-refractivity contribution in [3.05, 3.63) is 71.7 Å². The number of nitrogens with zero attached hydrogens (tertiary/aromatic N) is 4. The van der Waals surface area contributed by atoms with E-state index >= 15 is 0 Å². The van der Waals surface area contributed by atoms with E-state index < -0.39 is 5.79 Å². The Morgan fingerprint density at radius 1 is 0.975 bits per heavy atom. The van der Waals surface area contributed by atoms with Gasteiger partial charge in [0.25, 0.3) is 0 Å². The summed E-state index contributed by atoms with van der Waals surface area (Å²) >= 11 is 0. The van der Waals surface area contributed by atoms with Gasteiger partial charge in [0.2, 0.25) is 11.7 Å². The number of aliphatic imine (C=N–C) groups is 1. The predicted molar refractivity (Wildman–Crippen MR) is 156 cm³/mol. The van der Waals surface area contributed by atoms with Crippen molar-refractivity contribution in [2.45, 2.75) is 19.6 Å². The topological polar surface area (TPSA) is 128 Å². The fraction of sp³-hybridized carbons (Fsp3) is 0.345. The quantitative estimate of drug-likeness (QED) is 0.293. The summed E-state index contributed by atoms with van der Waals surface area (Å²) in [5.41, 5.74) is 9.54. The van der Waals surface area contributed by atoms with E-state index in [2.05, 4.69) is 39.3 Å². The third-order valence-electron chi connectivity index (χ3n) is 6.61. The Balaban J connectivity index is 1.65. The second kappa shape index (κ2) is 13.1. The van der Waals surface area contributed by atoms with E-state index in [0.29, 0.717) is 35.2 Å². The van der Waals surface area contributed by atoms with Crippen LogP contribution in [0.2, 0.25) is 0 Å². The van der Waals surface area contributed by atoms with E-state index in [1.165, 1.54) is 14.2 Å². The number of aromatic nitrogens is 2. The summed E-state index contributed by atoms with van der Waals surface area (Å²) in [5, 5.41) is 6.79. The maximum atomic E-state index is 6.83. The third-order valence-corrected chi connectivity index (χ3v) is 6.61. The maximum absolute atomic E-state index is 6.83. The summed E-state index contributed by atoms with van der Waals surface area (Å²) in [4.78, 5) is 15.6. The van der Waals surface area contributed by atoms with E-state index in [1.54, 1.807) is 19.5 Å². The molecule has 1 aromatic heterocycles. The zero-order valence-corrected chi connectivity index (χ0v) is 23.6. The SMILES string of the molecule is CCN(CC)CCOc1ccc(C2(N)N=CC(c3cnc(OC)nc3OC)=C(Nc3ccccc3OC)N2)cc1. The minimum Gasteiger partial charge on any atom is -0.495 e. The van der Waals surface area contributed by atoms with Gasteiger partial charge in [0.15, 0.2) is 0 Å². The number of likely N-dealkylation sites (N-methyl/N-ethyl adjacent to an activating group) is 1. The largest absolute Gasteiger partial charge is 0.495 e. The summed E-state index contributed by atoms with van der Waals surface area (Å²) in [6, 6.07) is 15.4. The fourth-order valence-electron chi connectivity index (χ4n) is 4.28. The highest BCUT2D eigenvalue weighted by atomic mass is 16.5. The Labute approximate surface area is 235 Å².